The van der Waals surface area contributed by atoms with E-state index in [-0.39, 0.29) is 24.9 Å². The fourth-order valence-corrected chi connectivity index (χ4v) is 5.65. The number of piperidine rings is 1. The van der Waals surface area contributed by atoms with Gasteiger partial charge in [-0.15, -0.1) is 0 Å². The van der Waals surface area contributed by atoms with Crippen LogP contribution in [-0.2, 0) is 14.3 Å². The van der Waals surface area contributed by atoms with E-state index in [0.717, 1.165) is 24.0 Å². The normalized spacial score (nSPS) is 19.4. The molecule has 0 radical (unpaired) electrons. The number of carboxylic acids is 1. The molecule has 1 saturated heterocycles. The SMILES string of the molecule is CCC1(C(=O)O)CCN(C(=O)CC2(NC(=O)OCC3c4ccccc4-c4ccccc43)CC2)CC1. The molecule has 0 spiro atoms. The molecule has 2 fully saturated rings. The van der Waals surface area contributed by atoms with Crippen molar-refractivity contribution in [3.05, 3.63) is 59.7 Å². The van der Waals surface area contributed by atoms with E-state index in [4.69, 9.17) is 4.74 Å². The van der Waals surface area contributed by atoms with Gasteiger partial charge in [-0.25, -0.2) is 4.79 Å². The van der Waals surface area contributed by atoms with Crippen LogP contribution in [0.3, 0.4) is 0 Å². The summed E-state index contributed by atoms with van der Waals surface area (Å²) in [4.78, 5) is 39.1. The monoisotopic (exact) mass is 476 g/mol. The molecule has 0 atom stereocenters. The van der Waals surface area contributed by atoms with Crippen LogP contribution in [0.1, 0.15) is 62.5 Å². The van der Waals surface area contributed by atoms with Crippen LogP contribution in [0, 0.1) is 5.41 Å². The zero-order chi connectivity index (χ0) is 24.6. The molecule has 2 aromatic carbocycles. The van der Waals surface area contributed by atoms with Gasteiger partial charge in [0.25, 0.3) is 0 Å². The van der Waals surface area contributed by atoms with Crippen LogP contribution in [0.5, 0.6) is 0 Å². The molecule has 0 bridgehead atoms. The summed E-state index contributed by atoms with van der Waals surface area (Å²) in [5.74, 6) is -0.814. The van der Waals surface area contributed by atoms with Gasteiger partial charge in [0.05, 0.1) is 17.4 Å². The number of carboxylic acid groups (broad SMARTS) is 1. The van der Waals surface area contributed by atoms with Crippen LogP contribution in [0.2, 0.25) is 0 Å². The van der Waals surface area contributed by atoms with E-state index in [1.165, 1.54) is 11.1 Å². The summed E-state index contributed by atoms with van der Waals surface area (Å²) in [7, 11) is 0. The minimum Gasteiger partial charge on any atom is -0.481 e. The molecule has 35 heavy (non-hydrogen) atoms. The van der Waals surface area contributed by atoms with Gasteiger partial charge >= 0.3 is 12.1 Å². The largest absolute Gasteiger partial charge is 0.481 e. The fraction of sp³-hybridized carbons (Fsp3) is 0.464. The predicted octanol–water partition coefficient (Wildman–Crippen LogP) is 4.55. The number of rotatable bonds is 7. The summed E-state index contributed by atoms with van der Waals surface area (Å²) >= 11 is 0. The highest BCUT2D eigenvalue weighted by atomic mass is 16.5. The van der Waals surface area contributed by atoms with Gasteiger partial charge in [0.15, 0.2) is 0 Å². The van der Waals surface area contributed by atoms with Crippen molar-refractivity contribution in [2.75, 3.05) is 19.7 Å². The topological polar surface area (TPSA) is 95.9 Å². The highest BCUT2D eigenvalue weighted by Crippen LogP contribution is 2.45. The van der Waals surface area contributed by atoms with Crippen LogP contribution >= 0.6 is 0 Å². The Morgan fingerprint density at radius 1 is 0.971 bits per heavy atom. The lowest BCUT2D eigenvalue weighted by Crippen LogP contribution is -2.48. The molecule has 1 aliphatic heterocycles. The van der Waals surface area contributed by atoms with E-state index >= 15 is 0 Å². The van der Waals surface area contributed by atoms with Gasteiger partial charge in [0.1, 0.15) is 6.61 Å². The van der Waals surface area contributed by atoms with Gasteiger partial charge in [0.2, 0.25) is 5.91 Å². The molecule has 184 valence electrons. The second kappa shape index (κ2) is 9.02. The molecule has 0 aromatic heterocycles. The van der Waals surface area contributed by atoms with E-state index in [9.17, 15) is 19.5 Å². The molecule has 3 aliphatic rings. The number of amides is 2. The number of alkyl carbamates (subject to hydrolysis) is 1. The van der Waals surface area contributed by atoms with Gasteiger partial charge in [-0.3, -0.25) is 9.59 Å². The first-order valence-corrected chi connectivity index (χ1v) is 12.5. The van der Waals surface area contributed by atoms with E-state index in [1.807, 2.05) is 31.2 Å². The summed E-state index contributed by atoms with van der Waals surface area (Å²) in [5, 5.41) is 12.5. The first-order chi connectivity index (χ1) is 16.9. The lowest BCUT2D eigenvalue weighted by Gasteiger charge is -2.38. The molecule has 7 nitrogen and oxygen atoms in total. The number of fused-ring (bicyclic) bond motifs is 3. The van der Waals surface area contributed by atoms with Crippen molar-refractivity contribution in [3.63, 3.8) is 0 Å². The number of carbonyl (C=O) groups excluding carboxylic acids is 2. The van der Waals surface area contributed by atoms with Crippen molar-refractivity contribution < 1.29 is 24.2 Å². The molecule has 2 aromatic rings. The van der Waals surface area contributed by atoms with Crippen molar-refractivity contribution >= 4 is 18.0 Å². The van der Waals surface area contributed by atoms with E-state index in [1.54, 1.807) is 4.90 Å². The van der Waals surface area contributed by atoms with Crippen LogP contribution in [-0.4, -0.2) is 53.2 Å². The van der Waals surface area contributed by atoms with Crippen molar-refractivity contribution in [3.8, 4) is 11.1 Å². The zero-order valence-electron chi connectivity index (χ0n) is 20.1. The van der Waals surface area contributed by atoms with Crippen molar-refractivity contribution in [2.45, 2.75) is 56.9 Å². The van der Waals surface area contributed by atoms with Crippen molar-refractivity contribution in [1.82, 2.24) is 10.2 Å². The Labute approximate surface area is 205 Å². The lowest BCUT2D eigenvalue weighted by molar-refractivity contribution is -0.154. The number of aliphatic carboxylic acids is 1. The Balaban J connectivity index is 1.16. The summed E-state index contributed by atoms with van der Waals surface area (Å²) < 4.78 is 5.67. The summed E-state index contributed by atoms with van der Waals surface area (Å²) in [6, 6.07) is 16.4. The average molecular weight is 477 g/mol. The van der Waals surface area contributed by atoms with Crippen LogP contribution < -0.4 is 5.32 Å². The van der Waals surface area contributed by atoms with Gasteiger partial charge < -0.3 is 20.1 Å². The van der Waals surface area contributed by atoms with Gasteiger partial charge in [-0.2, -0.15) is 0 Å². The molecule has 2 N–H and O–H groups in total. The Bertz CT molecular complexity index is 1100. The maximum atomic E-state index is 12.9. The number of nitrogens with one attached hydrogen (secondary N) is 1. The van der Waals surface area contributed by atoms with Crippen molar-refractivity contribution in [2.24, 2.45) is 5.41 Å². The fourth-order valence-electron chi connectivity index (χ4n) is 5.65. The molecule has 1 heterocycles. The van der Waals surface area contributed by atoms with Gasteiger partial charge in [-0.1, -0.05) is 55.5 Å². The predicted molar refractivity (Wildman–Crippen MR) is 131 cm³/mol. The first-order valence-electron chi connectivity index (χ1n) is 12.5. The number of nitrogens with zero attached hydrogens (tertiary/aromatic N) is 1. The minimum atomic E-state index is -0.775. The molecule has 0 unspecified atom stereocenters. The molecule has 5 rings (SSSR count). The number of hydrogen-bond acceptors (Lipinski definition) is 4. The molecular formula is C28H32N2O5. The van der Waals surface area contributed by atoms with E-state index < -0.39 is 23.0 Å². The Morgan fingerprint density at radius 2 is 1.54 bits per heavy atom. The first kappa shape index (κ1) is 23.4. The molecular weight excluding hydrogens is 444 g/mol. The third kappa shape index (κ3) is 4.40. The molecule has 7 heteroatoms. The van der Waals surface area contributed by atoms with Crippen LogP contribution in [0.15, 0.2) is 48.5 Å². The standard InChI is InChI=1S/C28H32N2O5/c1-2-27(25(32)33)13-15-30(16-14-27)24(31)17-28(11-12-28)29-26(34)35-18-23-21-9-5-3-7-19(21)20-8-4-6-10-22(20)23/h3-10,23H,2,11-18H2,1H3,(H,29,34)(H,32,33). The number of ether oxygens (including phenoxy) is 1. The summed E-state index contributed by atoms with van der Waals surface area (Å²) in [6.45, 7) is 3.02. The lowest BCUT2D eigenvalue weighted by atomic mass is 9.76. The summed E-state index contributed by atoms with van der Waals surface area (Å²) in [6.07, 6.45) is 2.72. The molecule has 2 amide bonds. The number of hydrogen-bond donors (Lipinski definition) is 2. The number of likely N-dealkylation sites (tertiary alicyclic amines) is 1. The number of carbonyl (C=O) groups is 3. The highest BCUT2D eigenvalue weighted by molar-refractivity contribution is 5.81. The van der Waals surface area contributed by atoms with Crippen LogP contribution in [0.4, 0.5) is 4.79 Å². The second-order valence-corrected chi connectivity index (χ2v) is 10.2. The number of benzene rings is 2. The summed E-state index contributed by atoms with van der Waals surface area (Å²) in [5.41, 5.74) is 3.40. The second-order valence-electron chi connectivity index (χ2n) is 10.2. The minimum absolute atomic E-state index is 0.00801. The molecule has 2 aliphatic carbocycles. The Morgan fingerprint density at radius 3 is 2.06 bits per heavy atom. The third-order valence-corrected chi connectivity index (χ3v) is 8.26. The quantitative estimate of drug-likeness (QED) is 0.611. The Hall–Kier alpha value is -3.35. The van der Waals surface area contributed by atoms with Crippen LogP contribution in [0.25, 0.3) is 11.1 Å². The zero-order valence-corrected chi connectivity index (χ0v) is 20.1. The van der Waals surface area contributed by atoms with E-state index in [2.05, 4.69) is 29.6 Å². The smallest absolute Gasteiger partial charge is 0.407 e. The highest BCUT2D eigenvalue weighted by Gasteiger charge is 2.48. The third-order valence-electron chi connectivity index (χ3n) is 8.26. The Kier molecular flexibility index (Phi) is 6.03. The van der Waals surface area contributed by atoms with Gasteiger partial charge in [-0.05, 0) is 54.4 Å². The van der Waals surface area contributed by atoms with E-state index in [0.29, 0.717) is 32.4 Å². The molecule has 1 saturated carbocycles. The maximum absolute atomic E-state index is 12.9. The van der Waals surface area contributed by atoms with Crippen molar-refractivity contribution in [1.29, 1.82) is 0 Å². The average Bonchev–Trinajstić information content (AvgIpc) is 3.54. The van der Waals surface area contributed by atoms with Gasteiger partial charge in [0, 0.05) is 19.0 Å². The maximum Gasteiger partial charge on any atom is 0.407 e.